The van der Waals surface area contributed by atoms with Gasteiger partial charge < -0.3 is 9.94 Å². The number of benzene rings is 1. The minimum absolute atomic E-state index is 0.391. The molecule has 0 amide bonds. The third-order valence-electron chi connectivity index (χ3n) is 2.51. The lowest BCUT2D eigenvalue weighted by Gasteiger charge is -2.14. The van der Waals surface area contributed by atoms with Gasteiger partial charge in [0.25, 0.3) is 0 Å². The van der Waals surface area contributed by atoms with Crippen molar-refractivity contribution in [3.05, 3.63) is 35.6 Å². The number of hydrogen-bond donors (Lipinski definition) is 1. The van der Waals surface area contributed by atoms with Crippen molar-refractivity contribution in [2.75, 3.05) is 0 Å². The van der Waals surface area contributed by atoms with Gasteiger partial charge in [0.1, 0.15) is 11.7 Å². The van der Waals surface area contributed by atoms with Crippen LogP contribution >= 0.6 is 0 Å². The third-order valence-corrected chi connectivity index (χ3v) is 2.51. The zero-order valence-corrected chi connectivity index (χ0v) is 8.55. The highest BCUT2D eigenvalue weighted by Crippen LogP contribution is 2.33. The van der Waals surface area contributed by atoms with Crippen LogP contribution in [-0.2, 0) is 9.63 Å². The summed E-state index contributed by atoms with van der Waals surface area (Å²) in [5, 5.41) is 12.7. The summed E-state index contributed by atoms with van der Waals surface area (Å²) in [6.45, 7) is 1.58. The Hall–Kier alpha value is -1.91. The van der Waals surface area contributed by atoms with Gasteiger partial charge in [0.05, 0.1) is 5.71 Å². The number of rotatable bonds is 2. The topological polar surface area (TPSA) is 58.9 Å². The first-order valence-electron chi connectivity index (χ1n) is 4.78. The van der Waals surface area contributed by atoms with Crippen molar-refractivity contribution in [1.29, 1.82) is 0 Å². The molecule has 2 rings (SSSR count). The zero-order chi connectivity index (χ0) is 11.7. The fourth-order valence-electron chi connectivity index (χ4n) is 1.72. The lowest BCUT2D eigenvalue weighted by molar-refractivity contribution is -0.142. The van der Waals surface area contributed by atoms with Crippen LogP contribution in [0.3, 0.4) is 0 Å². The number of carbonyl (C=O) groups is 1. The lowest BCUT2D eigenvalue weighted by atomic mass is 9.93. The lowest BCUT2D eigenvalue weighted by Crippen LogP contribution is -2.24. The van der Waals surface area contributed by atoms with E-state index in [0.29, 0.717) is 11.3 Å². The second kappa shape index (κ2) is 3.92. The van der Waals surface area contributed by atoms with E-state index in [2.05, 4.69) is 5.16 Å². The van der Waals surface area contributed by atoms with Crippen LogP contribution in [0.4, 0.5) is 4.39 Å². The monoisotopic (exact) mass is 223 g/mol. The molecule has 0 saturated carbocycles. The molecule has 5 heteroatoms. The molecule has 1 aliphatic rings. The van der Waals surface area contributed by atoms with E-state index in [1.54, 1.807) is 13.0 Å². The van der Waals surface area contributed by atoms with E-state index in [-0.39, 0.29) is 0 Å². The van der Waals surface area contributed by atoms with Crippen molar-refractivity contribution in [2.45, 2.75) is 13.0 Å². The Labute approximate surface area is 91.3 Å². The molecule has 0 radical (unpaired) electrons. The summed E-state index contributed by atoms with van der Waals surface area (Å²) in [5.74, 6) is -2.29. The fourth-order valence-corrected chi connectivity index (χ4v) is 1.72. The first-order valence-corrected chi connectivity index (χ1v) is 4.78. The van der Waals surface area contributed by atoms with Gasteiger partial charge in [-0.2, -0.15) is 0 Å². The zero-order valence-electron chi connectivity index (χ0n) is 8.55. The molecular formula is C11H10FNO3. The molecule has 1 heterocycles. The predicted molar refractivity (Wildman–Crippen MR) is 54.5 cm³/mol. The SMILES string of the molecule is CC1=NOC(c2cccc(F)c2)C1C(=O)O. The molecule has 0 spiro atoms. The van der Waals surface area contributed by atoms with Gasteiger partial charge >= 0.3 is 5.97 Å². The second-order valence-corrected chi connectivity index (χ2v) is 3.63. The van der Waals surface area contributed by atoms with Crippen molar-refractivity contribution < 1.29 is 19.1 Å². The molecule has 1 aromatic rings. The molecule has 0 aliphatic carbocycles. The Balaban J connectivity index is 2.32. The van der Waals surface area contributed by atoms with Gasteiger partial charge in [-0.25, -0.2) is 4.39 Å². The molecule has 2 atom stereocenters. The smallest absolute Gasteiger partial charge is 0.316 e. The van der Waals surface area contributed by atoms with Gasteiger partial charge in [0.15, 0.2) is 6.10 Å². The van der Waals surface area contributed by atoms with Crippen LogP contribution in [0.15, 0.2) is 29.4 Å². The first-order chi connectivity index (χ1) is 7.59. The highest BCUT2D eigenvalue weighted by Gasteiger charge is 2.38. The van der Waals surface area contributed by atoms with Gasteiger partial charge in [0, 0.05) is 0 Å². The summed E-state index contributed by atoms with van der Waals surface area (Å²) in [6, 6.07) is 5.69. The summed E-state index contributed by atoms with van der Waals surface area (Å²) in [6.07, 6.45) is -0.742. The molecule has 0 fully saturated rings. The van der Waals surface area contributed by atoms with Gasteiger partial charge in [-0.15, -0.1) is 0 Å². The average Bonchev–Trinajstić information content (AvgIpc) is 2.60. The van der Waals surface area contributed by atoms with E-state index in [0.717, 1.165) is 0 Å². The number of halogens is 1. The van der Waals surface area contributed by atoms with E-state index < -0.39 is 23.8 Å². The number of aliphatic carboxylic acids is 1. The number of nitrogens with zero attached hydrogens (tertiary/aromatic N) is 1. The van der Waals surface area contributed by atoms with Crippen LogP contribution in [0.25, 0.3) is 0 Å². The van der Waals surface area contributed by atoms with Gasteiger partial charge in [-0.3, -0.25) is 4.79 Å². The average molecular weight is 223 g/mol. The highest BCUT2D eigenvalue weighted by atomic mass is 19.1. The number of oxime groups is 1. The quantitative estimate of drug-likeness (QED) is 0.833. The minimum atomic E-state index is -1.02. The van der Waals surface area contributed by atoms with Crippen molar-refractivity contribution in [1.82, 2.24) is 0 Å². The fraction of sp³-hybridized carbons (Fsp3) is 0.273. The molecule has 0 aromatic heterocycles. The first kappa shape index (κ1) is 10.6. The Morgan fingerprint density at radius 2 is 2.31 bits per heavy atom. The van der Waals surface area contributed by atoms with E-state index in [4.69, 9.17) is 9.94 Å². The molecule has 84 valence electrons. The van der Waals surface area contributed by atoms with Crippen LogP contribution in [-0.4, -0.2) is 16.8 Å². The Kier molecular flexibility index (Phi) is 2.60. The highest BCUT2D eigenvalue weighted by molar-refractivity contribution is 6.01. The second-order valence-electron chi connectivity index (χ2n) is 3.63. The largest absolute Gasteiger partial charge is 0.481 e. The maximum Gasteiger partial charge on any atom is 0.316 e. The van der Waals surface area contributed by atoms with Gasteiger partial charge in [-0.05, 0) is 24.6 Å². The molecule has 16 heavy (non-hydrogen) atoms. The van der Waals surface area contributed by atoms with Crippen LogP contribution in [0, 0.1) is 11.7 Å². The minimum Gasteiger partial charge on any atom is -0.481 e. The summed E-state index contributed by atoms with van der Waals surface area (Å²) in [7, 11) is 0. The Morgan fingerprint density at radius 1 is 1.56 bits per heavy atom. The van der Waals surface area contributed by atoms with Crippen molar-refractivity contribution in [2.24, 2.45) is 11.1 Å². The van der Waals surface area contributed by atoms with Crippen LogP contribution in [0.1, 0.15) is 18.6 Å². The van der Waals surface area contributed by atoms with E-state index in [9.17, 15) is 9.18 Å². The number of hydrogen-bond acceptors (Lipinski definition) is 3. The molecule has 1 aliphatic heterocycles. The molecule has 0 saturated heterocycles. The number of carboxylic acid groups (broad SMARTS) is 1. The van der Waals surface area contributed by atoms with Crippen LogP contribution in [0.2, 0.25) is 0 Å². The number of carboxylic acids is 1. The molecule has 4 nitrogen and oxygen atoms in total. The van der Waals surface area contributed by atoms with Gasteiger partial charge in [0.2, 0.25) is 0 Å². The molecule has 1 aromatic carbocycles. The molecule has 1 N–H and O–H groups in total. The van der Waals surface area contributed by atoms with Crippen molar-refractivity contribution in [3.8, 4) is 0 Å². The summed E-state index contributed by atoms with van der Waals surface area (Å²) >= 11 is 0. The Bertz CT molecular complexity index is 458. The van der Waals surface area contributed by atoms with Crippen molar-refractivity contribution >= 4 is 11.7 Å². The van der Waals surface area contributed by atoms with Gasteiger partial charge in [-0.1, -0.05) is 17.3 Å². The Morgan fingerprint density at radius 3 is 2.94 bits per heavy atom. The van der Waals surface area contributed by atoms with E-state index >= 15 is 0 Å². The predicted octanol–water partition coefficient (Wildman–Crippen LogP) is 1.97. The summed E-state index contributed by atoms with van der Waals surface area (Å²) in [5.41, 5.74) is 0.870. The van der Waals surface area contributed by atoms with E-state index in [1.807, 2.05) is 0 Å². The third kappa shape index (κ3) is 1.76. The summed E-state index contributed by atoms with van der Waals surface area (Å²) in [4.78, 5) is 16.0. The standard InChI is InChI=1S/C11H10FNO3/c1-6-9(11(14)15)10(16-13-6)7-3-2-4-8(12)5-7/h2-5,9-10H,1H3,(H,14,15). The molecule has 0 bridgehead atoms. The maximum absolute atomic E-state index is 13.0. The maximum atomic E-state index is 13.0. The summed E-state index contributed by atoms with van der Waals surface area (Å²) < 4.78 is 13.0. The van der Waals surface area contributed by atoms with E-state index in [1.165, 1.54) is 18.2 Å². The normalized spacial score (nSPS) is 23.8. The molecule has 2 unspecified atom stereocenters. The molecular weight excluding hydrogens is 213 g/mol. The van der Waals surface area contributed by atoms with Crippen LogP contribution < -0.4 is 0 Å². The van der Waals surface area contributed by atoms with Crippen LogP contribution in [0.5, 0.6) is 0 Å². The van der Waals surface area contributed by atoms with Crippen molar-refractivity contribution in [3.63, 3.8) is 0 Å².